The Bertz CT molecular complexity index is 2360. The number of carbonyl (C=O) groups is 6. The van der Waals surface area contributed by atoms with Crippen LogP contribution in [0.1, 0.15) is 47.8 Å². The van der Waals surface area contributed by atoms with Gasteiger partial charge in [0.1, 0.15) is 23.2 Å². The van der Waals surface area contributed by atoms with Crippen molar-refractivity contribution < 1.29 is 56.0 Å². The number of benzene rings is 2. The van der Waals surface area contributed by atoms with Crippen molar-refractivity contribution in [2.45, 2.75) is 44.1 Å². The molecule has 4 fully saturated rings. The highest BCUT2D eigenvalue weighted by atomic mass is 32.2. The molecule has 7 rings (SSSR count). The Morgan fingerprint density at radius 3 is 2.32 bits per heavy atom. The van der Waals surface area contributed by atoms with Gasteiger partial charge in [0, 0.05) is 63.4 Å². The number of nitrogens with zero attached hydrogens (tertiary/aromatic N) is 5. The van der Waals surface area contributed by atoms with E-state index in [9.17, 15) is 51.6 Å². The van der Waals surface area contributed by atoms with E-state index in [4.69, 9.17) is 4.74 Å². The van der Waals surface area contributed by atoms with E-state index in [0.717, 1.165) is 18.2 Å². The number of hydrogen-bond donors (Lipinski definition) is 5. The molecule has 1 aromatic heterocycles. The zero-order valence-corrected chi connectivity index (χ0v) is 31.0. The third-order valence-electron chi connectivity index (χ3n) is 10.2. The molecule has 3 saturated heterocycles. The number of esters is 1. The fourth-order valence-electron chi connectivity index (χ4n) is 6.99. The highest BCUT2D eigenvalue weighted by Crippen LogP contribution is 2.38. The van der Waals surface area contributed by atoms with E-state index < -0.39 is 81.1 Å². The van der Waals surface area contributed by atoms with Gasteiger partial charge in [0.15, 0.2) is 6.04 Å². The van der Waals surface area contributed by atoms with Gasteiger partial charge in [-0.3, -0.25) is 33.4 Å². The van der Waals surface area contributed by atoms with Crippen molar-refractivity contribution in [2.75, 3.05) is 50.7 Å². The molecule has 0 bridgehead atoms. The minimum Gasteiger partial charge on any atom is -0.508 e. The summed E-state index contributed by atoms with van der Waals surface area (Å²) in [6, 6.07) is 2.17. The van der Waals surface area contributed by atoms with Gasteiger partial charge in [-0.05, 0) is 49.6 Å². The number of amides is 6. The number of carbonyl (C=O) groups excluding carboxylic acids is 6. The molecule has 4 aliphatic rings. The van der Waals surface area contributed by atoms with E-state index in [1.165, 1.54) is 29.3 Å². The van der Waals surface area contributed by atoms with Gasteiger partial charge in [-0.25, -0.2) is 14.0 Å². The normalized spacial score (nSPS) is 20.6. The first-order chi connectivity index (χ1) is 27.1. The SMILES string of the molecule is CCN1CCN(C(=O)N[C@@H](C(=O)N[C@@H]2C(=O)N(S(=O)(=O)O)C2OC(=O)c2cn(C3CC3)c3cc(N4CCNCC4)c(F)cc3c2=O)c2ccc(O)cc2)C(=O)C1=O. The number of halogens is 1. The van der Waals surface area contributed by atoms with Gasteiger partial charge in [0.2, 0.25) is 17.6 Å². The van der Waals surface area contributed by atoms with Crippen LogP contribution in [0.2, 0.25) is 0 Å². The summed E-state index contributed by atoms with van der Waals surface area (Å²) in [4.78, 5) is 96.4. The lowest BCUT2D eigenvalue weighted by atomic mass is 10.0. The van der Waals surface area contributed by atoms with E-state index in [1.54, 1.807) is 11.5 Å². The number of rotatable bonds is 10. The van der Waals surface area contributed by atoms with Gasteiger partial charge in [0.05, 0.1) is 11.2 Å². The minimum absolute atomic E-state index is 0.00902. The zero-order chi connectivity index (χ0) is 40.9. The Hall–Kier alpha value is -6.13. The van der Waals surface area contributed by atoms with Crippen molar-refractivity contribution in [3.05, 3.63) is 69.8 Å². The number of phenolic OH excluding ortho intramolecular Hbond substituents is 1. The van der Waals surface area contributed by atoms with Crippen LogP contribution >= 0.6 is 0 Å². The van der Waals surface area contributed by atoms with Crippen LogP contribution < -0.4 is 26.3 Å². The van der Waals surface area contributed by atoms with Crippen LogP contribution in [0.4, 0.5) is 14.9 Å². The quantitative estimate of drug-likeness (QED) is 0.0738. The lowest BCUT2D eigenvalue weighted by Crippen LogP contribution is -2.73. The Morgan fingerprint density at radius 2 is 1.68 bits per heavy atom. The number of β-lactam (4-membered cyclic amide) rings is 1. The molecule has 3 atom stereocenters. The van der Waals surface area contributed by atoms with Gasteiger partial charge < -0.3 is 40.2 Å². The molecule has 3 aliphatic heterocycles. The van der Waals surface area contributed by atoms with E-state index >= 15 is 4.39 Å². The molecule has 1 saturated carbocycles. The first kappa shape index (κ1) is 39.1. The second-order valence-electron chi connectivity index (χ2n) is 13.8. The molecular weight excluding hydrogens is 775 g/mol. The highest BCUT2D eigenvalue weighted by molar-refractivity contribution is 7.84. The molecular formula is C35H37FN8O12S. The lowest BCUT2D eigenvalue weighted by Gasteiger charge is -2.43. The minimum atomic E-state index is -5.43. The number of aromatic nitrogens is 1. The molecule has 0 spiro atoms. The Balaban J connectivity index is 1.17. The molecule has 1 unspecified atom stereocenters. The van der Waals surface area contributed by atoms with Crippen molar-refractivity contribution in [1.82, 2.24) is 34.6 Å². The van der Waals surface area contributed by atoms with Crippen molar-refractivity contribution in [3.8, 4) is 5.75 Å². The van der Waals surface area contributed by atoms with Gasteiger partial charge in [-0.2, -0.15) is 12.7 Å². The molecule has 0 radical (unpaired) electrons. The number of aromatic hydroxyl groups is 1. The molecule has 6 amide bonds. The molecule has 1 aliphatic carbocycles. The smallest absolute Gasteiger partial charge is 0.365 e. The Morgan fingerprint density at radius 1 is 1.00 bits per heavy atom. The van der Waals surface area contributed by atoms with E-state index in [-0.39, 0.29) is 52.4 Å². The number of fused-ring (bicyclic) bond motifs is 1. The van der Waals surface area contributed by atoms with Crippen LogP contribution in [-0.2, 0) is 34.2 Å². The number of ether oxygens (including phenoxy) is 1. The van der Waals surface area contributed by atoms with Crippen molar-refractivity contribution in [1.29, 1.82) is 0 Å². The standard InChI is InChI=1S/C35H37FN8O12S/c1-2-40-13-14-42(32(50)31(40)49)35(52)39-26(18-3-7-20(45)8-4-18)29(47)38-27-30(48)44(57(53,54)55)33(27)56-34(51)22-17-43(19-5-6-19)24-16-25(41-11-9-37-10-12-41)23(36)15-21(24)28(22)46/h3-4,7-8,15-17,19,26-27,33,37,45H,2,5-6,9-14H2,1H3,(H,38,47)(H,39,52)(H,53,54,55)/t26-,27-,33?/m1/s1. The van der Waals surface area contributed by atoms with Crippen molar-refractivity contribution in [2.24, 2.45) is 0 Å². The number of likely N-dealkylation sites (N-methyl/N-ethyl adjacent to an activating group) is 1. The van der Waals surface area contributed by atoms with Crippen LogP contribution in [0.15, 0.2) is 47.4 Å². The first-order valence-electron chi connectivity index (χ1n) is 17.9. The van der Waals surface area contributed by atoms with Crippen LogP contribution in [0.3, 0.4) is 0 Å². The zero-order valence-electron chi connectivity index (χ0n) is 30.2. The third-order valence-corrected chi connectivity index (χ3v) is 11.1. The summed E-state index contributed by atoms with van der Waals surface area (Å²) in [6.45, 7) is 3.90. The monoisotopic (exact) mass is 812 g/mol. The molecule has 2 aromatic carbocycles. The number of urea groups is 1. The van der Waals surface area contributed by atoms with Gasteiger partial charge in [0.25, 0.3) is 5.91 Å². The third kappa shape index (κ3) is 7.45. The van der Waals surface area contributed by atoms with E-state index in [2.05, 4.69) is 16.0 Å². The van der Waals surface area contributed by atoms with Crippen LogP contribution in [0.25, 0.3) is 10.9 Å². The maximum atomic E-state index is 15.5. The second-order valence-corrected chi connectivity index (χ2v) is 15.1. The average Bonchev–Trinajstić information content (AvgIpc) is 4.03. The summed E-state index contributed by atoms with van der Waals surface area (Å²) < 4.78 is 56.7. The number of anilines is 1. The number of hydrogen-bond acceptors (Lipinski definition) is 13. The maximum absolute atomic E-state index is 15.5. The number of nitrogens with one attached hydrogen (secondary N) is 3. The summed E-state index contributed by atoms with van der Waals surface area (Å²) in [5.41, 5.74) is -1.02. The Labute approximate surface area is 323 Å². The summed E-state index contributed by atoms with van der Waals surface area (Å²) in [6.07, 6.45) is 0.288. The van der Waals surface area contributed by atoms with Crippen LogP contribution in [-0.4, -0.2) is 130 Å². The van der Waals surface area contributed by atoms with Gasteiger partial charge in [-0.1, -0.05) is 12.1 Å². The fourth-order valence-corrected chi connectivity index (χ4v) is 7.76. The average molecular weight is 813 g/mol. The molecule has 3 aromatic rings. The maximum Gasteiger partial charge on any atom is 0.365 e. The summed E-state index contributed by atoms with van der Waals surface area (Å²) >= 11 is 0. The van der Waals surface area contributed by atoms with Crippen molar-refractivity contribution in [3.63, 3.8) is 0 Å². The summed E-state index contributed by atoms with van der Waals surface area (Å²) in [7, 11) is -5.43. The number of piperazine rings is 2. The van der Waals surface area contributed by atoms with Crippen molar-refractivity contribution >= 4 is 62.5 Å². The molecule has 302 valence electrons. The molecule has 4 heterocycles. The second kappa shape index (κ2) is 15.1. The number of imide groups is 1. The lowest BCUT2D eigenvalue weighted by molar-refractivity contribution is -0.162. The fraction of sp³-hybridized carbons (Fsp3) is 0.400. The van der Waals surface area contributed by atoms with E-state index in [0.29, 0.717) is 49.4 Å². The van der Waals surface area contributed by atoms with Gasteiger partial charge >= 0.3 is 34.1 Å². The molecule has 22 heteroatoms. The Kier molecular flexibility index (Phi) is 10.3. The predicted molar refractivity (Wildman–Crippen MR) is 194 cm³/mol. The molecule has 57 heavy (non-hydrogen) atoms. The summed E-state index contributed by atoms with van der Waals surface area (Å²) in [5.74, 6) is -7.23. The topological polar surface area (TPSA) is 257 Å². The summed E-state index contributed by atoms with van der Waals surface area (Å²) in [5, 5.41) is 17.3. The highest BCUT2D eigenvalue weighted by Gasteiger charge is 2.57. The van der Waals surface area contributed by atoms with Gasteiger partial charge in [-0.15, -0.1) is 0 Å². The number of phenols is 1. The predicted octanol–water partition coefficient (Wildman–Crippen LogP) is -0.655. The first-order valence-corrected chi connectivity index (χ1v) is 19.3. The van der Waals surface area contributed by atoms with Crippen LogP contribution in [0, 0.1) is 5.82 Å². The van der Waals surface area contributed by atoms with E-state index in [1.807, 2.05) is 4.90 Å². The molecule has 5 N–H and O–H groups in total. The van der Waals surface area contributed by atoms with Crippen LogP contribution in [0.5, 0.6) is 5.75 Å². The largest absolute Gasteiger partial charge is 0.508 e. The molecule has 20 nitrogen and oxygen atoms in total. The number of pyridine rings is 1.